The zero-order valence-electron chi connectivity index (χ0n) is 10.6. The number of carboxylic acids is 1. The topological polar surface area (TPSA) is 107 Å². The van der Waals surface area contributed by atoms with E-state index in [-0.39, 0.29) is 18.0 Å². The normalized spacial score (nSPS) is 22.7. The highest BCUT2D eigenvalue weighted by atomic mass is 16.4. The highest BCUT2D eigenvalue weighted by Gasteiger charge is 2.26. The van der Waals surface area contributed by atoms with E-state index >= 15 is 0 Å². The van der Waals surface area contributed by atoms with Crippen molar-refractivity contribution in [2.75, 3.05) is 0 Å². The van der Waals surface area contributed by atoms with Crippen LogP contribution in [0.1, 0.15) is 31.2 Å². The first-order valence-corrected chi connectivity index (χ1v) is 6.40. The molecular weight excluding hydrogens is 248 g/mol. The lowest BCUT2D eigenvalue weighted by Crippen LogP contribution is -2.43. The van der Waals surface area contributed by atoms with Crippen molar-refractivity contribution in [2.24, 2.45) is 5.92 Å². The number of hydrogen-bond donors (Lipinski definition) is 4. The van der Waals surface area contributed by atoms with Crippen molar-refractivity contribution in [3.63, 3.8) is 0 Å². The first kappa shape index (κ1) is 13.4. The lowest BCUT2D eigenvalue weighted by molar-refractivity contribution is -0.142. The first-order chi connectivity index (χ1) is 9.15. The van der Waals surface area contributed by atoms with Crippen LogP contribution in [0, 0.1) is 5.92 Å². The van der Waals surface area contributed by atoms with Gasteiger partial charge in [-0.2, -0.15) is 5.10 Å². The van der Waals surface area contributed by atoms with E-state index in [1.165, 1.54) is 0 Å². The van der Waals surface area contributed by atoms with Crippen molar-refractivity contribution in [2.45, 2.75) is 38.3 Å². The summed E-state index contributed by atoms with van der Waals surface area (Å²) in [5.74, 6) is -0.991. The largest absolute Gasteiger partial charge is 0.481 e. The molecule has 1 aromatic heterocycles. The number of nitrogens with zero attached hydrogens (tertiary/aromatic N) is 1. The fourth-order valence-corrected chi connectivity index (χ4v) is 2.28. The van der Waals surface area contributed by atoms with Gasteiger partial charge in [-0.1, -0.05) is 0 Å². The van der Waals surface area contributed by atoms with Crippen LogP contribution >= 0.6 is 0 Å². The molecule has 7 heteroatoms. The molecule has 1 aliphatic rings. The molecule has 1 saturated carbocycles. The summed E-state index contributed by atoms with van der Waals surface area (Å²) < 4.78 is 0. The second-order valence-electron chi connectivity index (χ2n) is 4.82. The molecule has 19 heavy (non-hydrogen) atoms. The van der Waals surface area contributed by atoms with Crippen molar-refractivity contribution in [3.8, 4) is 0 Å². The minimum atomic E-state index is -0.733. The van der Waals surface area contributed by atoms with Crippen molar-refractivity contribution in [3.05, 3.63) is 18.0 Å². The summed E-state index contributed by atoms with van der Waals surface area (Å²) in [4.78, 5) is 22.5. The maximum Gasteiger partial charge on any atom is 0.315 e. The Balaban J connectivity index is 1.67. The standard InChI is InChI=1S/C12H18N4O3/c17-11(18)9-1-3-10(4-2-9)16-12(19)13-5-8-6-14-15-7-8/h6-7,9-10H,1-5H2,(H,14,15)(H,17,18)(H2,13,16,19). The van der Waals surface area contributed by atoms with Gasteiger partial charge >= 0.3 is 12.0 Å². The van der Waals surface area contributed by atoms with E-state index in [1.54, 1.807) is 12.4 Å². The van der Waals surface area contributed by atoms with E-state index in [0.29, 0.717) is 19.4 Å². The average molecular weight is 266 g/mol. The summed E-state index contributed by atoms with van der Waals surface area (Å²) in [6.07, 6.45) is 6.06. The molecular formula is C12H18N4O3. The molecule has 2 amide bonds. The Hall–Kier alpha value is -2.05. The van der Waals surface area contributed by atoms with E-state index < -0.39 is 5.97 Å². The summed E-state index contributed by atoms with van der Waals surface area (Å²) in [6.45, 7) is 0.423. The number of urea groups is 1. The third-order valence-electron chi connectivity index (χ3n) is 3.42. The fourth-order valence-electron chi connectivity index (χ4n) is 2.28. The summed E-state index contributed by atoms with van der Waals surface area (Å²) >= 11 is 0. The number of carboxylic acid groups (broad SMARTS) is 1. The summed E-state index contributed by atoms with van der Waals surface area (Å²) in [7, 11) is 0. The van der Waals surface area contributed by atoms with Crippen molar-refractivity contribution in [1.82, 2.24) is 20.8 Å². The van der Waals surface area contributed by atoms with Gasteiger partial charge in [0.15, 0.2) is 0 Å². The van der Waals surface area contributed by atoms with E-state index in [0.717, 1.165) is 18.4 Å². The predicted octanol–water partition coefficient (Wildman–Crippen LogP) is 0.852. The molecule has 0 radical (unpaired) electrons. The van der Waals surface area contributed by atoms with Gasteiger partial charge < -0.3 is 15.7 Å². The lowest BCUT2D eigenvalue weighted by Gasteiger charge is -2.26. The van der Waals surface area contributed by atoms with Gasteiger partial charge in [0.2, 0.25) is 0 Å². The van der Waals surface area contributed by atoms with Gasteiger partial charge in [-0.05, 0) is 25.7 Å². The van der Waals surface area contributed by atoms with E-state index in [9.17, 15) is 9.59 Å². The van der Waals surface area contributed by atoms with Crippen LogP contribution in [0.4, 0.5) is 4.79 Å². The van der Waals surface area contributed by atoms with Crippen LogP contribution in [0.3, 0.4) is 0 Å². The van der Waals surface area contributed by atoms with E-state index in [1.807, 2.05) is 0 Å². The van der Waals surface area contributed by atoms with Gasteiger partial charge in [-0.3, -0.25) is 9.89 Å². The third-order valence-corrected chi connectivity index (χ3v) is 3.42. The molecule has 0 aliphatic heterocycles. The predicted molar refractivity (Wildman–Crippen MR) is 67.3 cm³/mol. The van der Waals surface area contributed by atoms with Crippen LogP contribution in [-0.4, -0.2) is 33.3 Å². The molecule has 2 rings (SSSR count). The molecule has 1 heterocycles. The van der Waals surface area contributed by atoms with Crippen molar-refractivity contribution in [1.29, 1.82) is 0 Å². The second-order valence-corrected chi connectivity index (χ2v) is 4.82. The number of nitrogens with one attached hydrogen (secondary N) is 3. The number of H-pyrrole nitrogens is 1. The third kappa shape index (κ3) is 3.97. The molecule has 0 spiro atoms. The number of aliphatic carboxylic acids is 1. The van der Waals surface area contributed by atoms with Crippen molar-refractivity contribution < 1.29 is 14.7 Å². The zero-order chi connectivity index (χ0) is 13.7. The minimum absolute atomic E-state index is 0.0694. The molecule has 0 atom stereocenters. The van der Waals surface area contributed by atoms with Crippen LogP contribution in [0.5, 0.6) is 0 Å². The zero-order valence-corrected chi connectivity index (χ0v) is 10.6. The number of carbonyl (C=O) groups is 2. The lowest BCUT2D eigenvalue weighted by atomic mass is 9.86. The molecule has 4 N–H and O–H groups in total. The Labute approximate surface area is 110 Å². The number of rotatable bonds is 4. The number of amides is 2. The molecule has 7 nitrogen and oxygen atoms in total. The average Bonchev–Trinajstić information content (AvgIpc) is 2.90. The minimum Gasteiger partial charge on any atom is -0.481 e. The van der Waals surface area contributed by atoms with Crippen LogP contribution in [-0.2, 0) is 11.3 Å². The van der Waals surface area contributed by atoms with Gasteiger partial charge in [0.25, 0.3) is 0 Å². The van der Waals surface area contributed by atoms with Gasteiger partial charge in [0, 0.05) is 24.3 Å². The van der Waals surface area contributed by atoms with Crippen LogP contribution in [0.25, 0.3) is 0 Å². The Morgan fingerprint density at radius 1 is 1.37 bits per heavy atom. The fraction of sp³-hybridized carbons (Fsp3) is 0.583. The highest BCUT2D eigenvalue weighted by molar-refractivity contribution is 5.74. The van der Waals surface area contributed by atoms with Crippen molar-refractivity contribution >= 4 is 12.0 Å². The van der Waals surface area contributed by atoms with Crippen LogP contribution in [0.2, 0.25) is 0 Å². The highest BCUT2D eigenvalue weighted by Crippen LogP contribution is 2.24. The van der Waals surface area contributed by atoms with Gasteiger partial charge in [-0.15, -0.1) is 0 Å². The SMILES string of the molecule is O=C(NCc1cn[nH]c1)NC1CCC(C(=O)O)CC1. The summed E-state index contributed by atoms with van der Waals surface area (Å²) in [5.41, 5.74) is 0.907. The summed E-state index contributed by atoms with van der Waals surface area (Å²) in [5, 5.41) is 21.0. The number of aromatic nitrogens is 2. The molecule has 0 aromatic carbocycles. The molecule has 104 valence electrons. The maximum atomic E-state index is 11.7. The Morgan fingerprint density at radius 2 is 2.11 bits per heavy atom. The van der Waals surface area contributed by atoms with Crippen LogP contribution in [0.15, 0.2) is 12.4 Å². The van der Waals surface area contributed by atoms with Gasteiger partial charge in [0.1, 0.15) is 0 Å². The van der Waals surface area contributed by atoms with Crippen LogP contribution < -0.4 is 10.6 Å². The van der Waals surface area contributed by atoms with Gasteiger partial charge in [0.05, 0.1) is 12.1 Å². The molecule has 1 aliphatic carbocycles. The second kappa shape index (κ2) is 6.21. The molecule has 0 bridgehead atoms. The smallest absolute Gasteiger partial charge is 0.315 e. The summed E-state index contributed by atoms with van der Waals surface area (Å²) in [6, 6.07) is -0.153. The quantitative estimate of drug-likeness (QED) is 0.648. The molecule has 1 fully saturated rings. The molecule has 0 saturated heterocycles. The van der Waals surface area contributed by atoms with E-state index in [2.05, 4.69) is 20.8 Å². The monoisotopic (exact) mass is 266 g/mol. The number of hydrogen-bond acceptors (Lipinski definition) is 3. The first-order valence-electron chi connectivity index (χ1n) is 6.40. The Kier molecular flexibility index (Phi) is 4.38. The Morgan fingerprint density at radius 3 is 2.68 bits per heavy atom. The number of carbonyl (C=O) groups excluding carboxylic acids is 1. The molecule has 0 unspecified atom stereocenters. The number of aromatic amines is 1. The van der Waals surface area contributed by atoms with E-state index in [4.69, 9.17) is 5.11 Å². The molecule has 1 aromatic rings. The van der Waals surface area contributed by atoms with Gasteiger partial charge in [-0.25, -0.2) is 4.79 Å². The Bertz CT molecular complexity index is 424. The maximum absolute atomic E-state index is 11.7.